The van der Waals surface area contributed by atoms with Crippen LogP contribution in [-0.2, 0) is 13.1 Å². The third kappa shape index (κ3) is 4.80. The average molecular weight is 408 g/mol. The van der Waals surface area contributed by atoms with Gasteiger partial charge in [-0.15, -0.1) is 0 Å². The van der Waals surface area contributed by atoms with E-state index >= 15 is 0 Å². The van der Waals surface area contributed by atoms with E-state index in [4.69, 9.17) is 0 Å². The van der Waals surface area contributed by atoms with Gasteiger partial charge in [-0.3, -0.25) is 4.90 Å². The Balaban J connectivity index is 0.00000176. The van der Waals surface area contributed by atoms with E-state index in [-0.39, 0.29) is 24.0 Å². The van der Waals surface area contributed by atoms with Crippen LogP contribution in [0.3, 0.4) is 0 Å². The first-order chi connectivity index (χ1) is 10.2. The lowest BCUT2D eigenvalue weighted by Gasteiger charge is -2.42. The molecule has 1 saturated heterocycles. The third-order valence-electron chi connectivity index (χ3n) is 4.57. The SMILES string of the molecule is C[N+]1(Cc2ccccc2)CCN(Cc2ccccc2)CC1.[I-]. The zero-order valence-electron chi connectivity index (χ0n) is 13.3. The van der Waals surface area contributed by atoms with Gasteiger partial charge in [0.15, 0.2) is 0 Å². The molecule has 2 nitrogen and oxygen atoms in total. The molecule has 3 rings (SSSR count). The van der Waals surface area contributed by atoms with Gasteiger partial charge in [-0.1, -0.05) is 60.7 Å². The molecule has 0 N–H and O–H groups in total. The molecule has 3 heteroatoms. The first-order valence-electron chi connectivity index (χ1n) is 7.87. The van der Waals surface area contributed by atoms with E-state index in [9.17, 15) is 0 Å². The van der Waals surface area contributed by atoms with Gasteiger partial charge >= 0.3 is 0 Å². The maximum Gasteiger partial charge on any atom is 0.104 e. The van der Waals surface area contributed by atoms with Crippen molar-refractivity contribution in [1.29, 1.82) is 0 Å². The summed E-state index contributed by atoms with van der Waals surface area (Å²) in [5.41, 5.74) is 2.88. The Morgan fingerprint density at radius 1 is 0.818 bits per heavy atom. The van der Waals surface area contributed by atoms with Gasteiger partial charge in [0, 0.05) is 25.2 Å². The van der Waals surface area contributed by atoms with Crippen molar-refractivity contribution >= 4 is 0 Å². The minimum absolute atomic E-state index is 0. The topological polar surface area (TPSA) is 3.24 Å². The molecule has 0 saturated carbocycles. The molecule has 1 aliphatic rings. The predicted octanol–water partition coefficient (Wildman–Crippen LogP) is 0.153. The van der Waals surface area contributed by atoms with Crippen molar-refractivity contribution in [3.05, 3.63) is 71.8 Å². The molecule has 0 aliphatic carbocycles. The number of nitrogens with zero attached hydrogens (tertiary/aromatic N) is 2. The van der Waals surface area contributed by atoms with Crippen molar-refractivity contribution < 1.29 is 28.5 Å². The van der Waals surface area contributed by atoms with Crippen LogP contribution in [0.5, 0.6) is 0 Å². The van der Waals surface area contributed by atoms with Crippen LogP contribution in [0.2, 0.25) is 0 Å². The molecule has 0 spiro atoms. The first-order valence-corrected chi connectivity index (χ1v) is 7.87. The molecule has 2 aromatic rings. The van der Waals surface area contributed by atoms with E-state index in [1.807, 2.05) is 0 Å². The Labute approximate surface area is 151 Å². The van der Waals surface area contributed by atoms with Crippen molar-refractivity contribution in [1.82, 2.24) is 4.90 Å². The van der Waals surface area contributed by atoms with Crippen LogP contribution < -0.4 is 24.0 Å². The third-order valence-corrected chi connectivity index (χ3v) is 4.57. The maximum atomic E-state index is 2.58. The Morgan fingerprint density at radius 3 is 1.86 bits per heavy atom. The zero-order chi connectivity index (χ0) is 14.5. The molecule has 0 atom stereocenters. The van der Waals surface area contributed by atoms with E-state index in [1.54, 1.807) is 0 Å². The fourth-order valence-corrected chi connectivity index (χ4v) is 3.17. The molecule has 118 valence electrons. The molecule has 0 radical (unpaired) electrons. The van der Waals surface area contributed by atoms with Crippen molar-refractivity contribution in [2.75, 3.05) is 33.2 Å². The van der Waals surface area contributed by atoms with Crippen LogP contribution in [0.25, 0.3) is 0 Å². The van der Waals surface area contributed by atoms with E-state index in [2.05, 4.69) is 72.6 Å². The highest BCUT2D eigenvalue weighted by molar-refractivity contribution is 5.15. The van der Waals surface area contributed by atoms with Crippen molar-refractivity contribution in [3.8, 4) is 0 Å². The van der Waals surface area contributed by atoms with E-state index in [1.165, 1.54) is 37.3 Å². The molecule has 0 aromatic heterocycles. The summed E-state index contributed by atoms with van der Waals surface area (Å²) in [7, 11) is 2.40. The van der Waals surface area contributed by atoms with Gasteiger partial charge in [-0.05, 0) is 5.56 Å². The highest BCUT2D eigenvalue weighted by Crippen LogP contribution is 2.17. The number of halogens is 1. The van der Waals surface area contributed by atoms with Crippen LogP contribution in [-0.4, -0.2) is 42.6 Å². The van der Waals surface area contributed by atoms with Gasteiger partial charge in [-0.25, -0.2) is 0 Å². The van der Waals surface area contributed by atoms with Crippen LogP contribution in [0.1, 0.15) is 11.1 Å². The van der Waals surface area contributed by atoms with Gasteiger partial charge in [0.25, 0.3) is 0 Å². The van der Waals surface area contributed by atoms with E-state index < -0.39 is 0 Å². The molecule has 22 heavy (non-hydrogen) atoms. The second kappa shape index (κ2) is 8.09. The molecule has 0 amide bonds. The summed E-state index contributed by atoms with van der Waals surface area (Å²) in [5, 5.41) is 0. The summed E-state index contributed by atoms with van der Waals surface area (Å²) in [4.78, 5) is 2.58. The van der Waals surface area contributed by atoms with Crippen LogP contribution in [0.15, 0.2) is 60.7 Å². The summed E-state index contributed by atoms with van der Waals surface area (Å²) in [5.74, 6) is 0. The Hall–Kier alpha value is -0.910. The minimum atomic E-state index is 0. The van der Waals surface area contributed by atoms with E-state index in [0.717, 1.165) is 17.6 Å². The smallest absolute Gasteiger partial charge is 0.104 e. The monoisotopic (exact) mass is 408 g/mol. The highest BCUT2D eigenvalue weighted by atomic mass is 127. The summed E-state index contributed by atoms with van der Waals surface area (Å²) in [6, 6.07) is 21.7. The molecular weight excluding hydrogens is 383 g/mol. The number of likely N-dealkylation sites (N-methyl/N-ethyl adjacent to an activating group) is 1. The lowest BCUT2D eigenvalue weighted by Crippen LogP contribution is -3.00. The van der Waals surface area contributed by atoms with Crippen molar-refractivity contribution in [2.45, 2.75) is 13.1 Å². The van der Waals surface area contributed by atoms with Crippen molar-refractivity contribution in [3.63, 3.8) is 0 Å². The summed E-state index contributed by atoms with van der Waals surface area (Å²) < 4.78 is 1.16. The fourth-order valence-electron chi connectivity index (χ4n) is 3.17. The van der Waals surface area contributed by atoms with Gasteiger partial charge in [0.1, 0.15) is 6.54 Å². The summed E-state index contributed by atoms with van der Waals surface area (Å²) >= 11 is 0. The lowest BCUT2D eigenvalue weighted by molar-refractivity contribution is -0.926. The quantitative estimate of drug-likeness (QED) is 0.515. The Kier molecular flexibility index (Phi) is 6.41. The number of hydrogen-bond acceptors (Lipinski definition) is 1. The first kappa shape index (κ1) is 17.4. The molecule has 1 fully saturated rings. The van der Waals surface area contributed by atoms with Gasteiger partial charge < -0.3 is 28.5 Å². The fraction of sp³-hybridized carbons (Fsp3) is 0.368. The zero-order valence-corrected chi connectivity index (χ0v) is 15.4. The second-order valence-corrected chi connectivity index (χ2v) is 6.47. The molecule has 1 aliphatic heterocycles. The number of piperazine rings is 1. The van der Waals surface area contributed by atoms with Gasteiger partial charge in [0.2, 0.25) is 0 Å². The number of benzene rings is 2. The maximum absolute atomic E-state index is 2.58. The van der Waals surface area contributed by atoms with Crippen LogP contribution in [0, 0.1) is 0 Å². The highest BCUT2D eigenvalue weighted by Gasteiger charge is 2.28. The van der Waals surface area contributed by atoms with E-state index in [0.29, 0.717) is 0 Å². The molecule has 0 unspecified atom stereocenters. The van der Waals surface area contributed by atoms with Gasteiger partial charge in [-0.2, -0.15) is 0 Å². The van der Waals surface area contributed by atoms with Crippen molar-refractivity contribution in [2.24, 2.45) is 0 Å². The molecule has 0 bridgehead atoms. The summed E-state index contributed by atoms with van der Waals surface area (Å²) in [6.07, 6.45) is 0. The minimum Gasteiger partial charge on any atom is -1.00 e. The van der Waals surface area contributed by atoms with Crippen LogP contribution in [0.4, 0.5) is 0 Å². The lowest BCUT2D eigenvalue weighted by atomic mass is 10.1. The standard InChI is InChI=1S/C19H25N2.HI/c1-21(17-19-10-6-3-7-11-19)14-12-20(13-15-21)16-18-8-4-2-5-9-18;/h2-11H,12-17H2,1H3;1H/q+1;/p-1. The van der Waals surface area contributed by atoms with Crippen LogP contribution >= 0.6 is 0 Å². The average Bonchev–Trinajstić information content (AvgIpc) is 2.52. The molecular formula is C19H25IN2. The second-order valence-electron chi connectivity index (χ2n) is 6.47. The number of quaternary nitrogens is 1. The number of hydrogen-bond donors (Lipinski definition) is 0. The molecule has 2 aromatic carbocycles. The number of rotatable bonds is 4. The largest absolute Gasteiger partial charge is 1.00 e. The predicted molar refractivity (Wildman–Crippen MR) is 87.8 cm³/mol. The Bertz CT molecular complexity index is 548. The Morgan fingerprint density at radius 2 is 1.32 bits per heavy atom. The summed E-state index contributed by atoms with van der Waals surface area (Å²) in [6.45, 7) is 7.10. The van der Waals surface area contributed by atoms with Gasteiger partial charge in [0.05, 0.1) is 20.1 Å². The molecule has 1 heterocycles. The normalized spacial score (nSPS) is 17.7.